The number of carbonyl (C=O) groups is 1. The van der Waals surface area contributed by atoms with Crippen LogP contribution < -0.4 is 10.1 Å². The van der Waals surface area contributed by atoms with E-state index in [1.165, 1.54) is 24.3 Å². The number of ether oxygens (including phenoxy) is 1. The van der Waals surface area contributed by atoms with E-state index in [0.717, 1.165) is 5.39 Å². The van der Waals surface area contributed by atoms with Gasteiger partial charge in [-0.15, -0.1) is 13.2 Å². The molecule has 4 nitrogen and oxygen atoms in total. The lowest BCUT2D eigenvalue weighted by atomic mass is 10.2. The van der Waals surface area contributed by atoms with Crippen molar-refractivity contribution in [1.29, 1.82) is 0 Å². The van der Waals surface area contributed by atoms with E-state index in [1.807, 2.05) is 18.2 Å². The molecule has 0 saturated carbocycles. The number of benzene rings is 2. The van der Waals surface area contributed by atoms with Crippen LogP contribution in [0.5, 0.6) is 5.75 Å². The summed E-state index contributed by atoms with van der Waals surface area (Å²) in [6.45, 7) is 0.329. The number of alkyl halides is 3. The van der Waals surface area contributed by atoms with Gasteiger partial charge in [-0.25, -0.2) is 0 Å². The molecule has 0 spiro atoms. The normalized spacial score (nSPS) is 11.5. The van der Waals surface area contributed by atoms with Crippen molar-refractivity contribution in [2.45, 2.75) is 12.8 Å². The number of rotatable bonds is 6. The summed E-state index contributed by atoms with van der Waals surface area (Å²) in [5.41, 5.74) is 1.24. The molecule has 0 aliphatic rings. The highest BCUT2D eigenvalue weighted by Gasteiger charge is 2.30. The average molecular weight is 349 g/mol. The maximum absolute atomic E-state index is 12.1. The van der Waals surface area contributed by atoms with Crippen molar-refractivity contribution in [3.05, 3.63) is 60.4 Å². The van der Waals surface area contributed by atoms with Crippen LogP contribution in [0.15, 0.2) is 59.0 Å². The number of furan rings is 1. The molecular formula is C18H14F3NO3. The molecule has 0 amide bonds. The zero-order valence-electron chi connectivity index (χ0n) is 13.0. The van der Waals surface area contributed by atoms with Crippen molar-refractivity contribution in [3.63, 3.8) is 0 Å². The number of nitrogens with one attached hydrogen (secondary N) is 1. The average Bonchev–Trinajstić information content (AvgIpc) is 2.99. The lowest BCUT2D eigenvalue weighted by molar-refractivity contribution is -0.274. The molecule has 25 heavy (non-hydrogen) atoms. The van der Waals surface area contributed by atoms with Crippen LogP contribution in [0.4, 0.5) is 18.9 Å². The Morgan fingerprint density at radius 1 is 1.08 bits per heavy atom. The van der Waals surface area contributed by atoms with Crippen molar-refractivity contribution < 1.29 is 27.1 Å². The third-order valence-electron chi connectivity index (χ3n) is 3.47. The Morgan fingerprint density at radius 2 is 1.80 bits per heavy atom. The predicted molar refractivity (Wildman–Crippen MR) is 86.8 cm³/mol. The molecule has 0 radical (unpaired) electrons. The molecule has 0 unspecified atom stereocenters. The van der Waals surface area contributed by atoms with Gasteiger partial charge in [0.15, 0.2) is 11.5 Å². The minimum Gasteiger partial charge on any atom is -0.453 e. The molecule has 0 aliphatic heterocycles. The number of carbonyl (C=O) groups excluding carboxylic acids is 1. The van der Waals surface area contributed by atoms with E-state index in [2.05, 4.69) is 10.1 Å². The van der Waals surface area contributed by atoms with E-state index < -0.39 is 6.36 Å². The highest BCUT2D eigenvalue weighted by atomic mass is 19.4. The van der Waals surface area contributed by atoms with Crippen molar-refractivity contribution in [2.75, 3.05) is 11.9 Å². The van der Waals surface area contributed by atoms with Crippen molar-refractivity contribution in [3.8, 4) is 5.75 Å². The van der Waals surface area contributed by atoms with E-state index in [1.54, 1.807) is 12.1 Å². The number of fused-ring (bicyclic) bond motifs is 1. The fourth-order valence-electron chi connectivity index (χ4n) is 2.34. The monoisotopic (exact) mass is 349 g/mol. The van der Waals surface area contributed by atoms with Crippen molar-refractivity contribution >= 4 is 22.4 Å². The van der Waals surface area contributed by atoms with Gasteiger partial charge in [0, 0.05) is 24.0 Å². The number of anilines is 1. The summed E-state index contributed by atoms with van der Waals surface area (Å²) < 4.78 is 45.5. The summed E-state index contributed by atoms with van der Waals surface area (Å²) in [5.74, 6) is -0.158. The SMILES string of the molecule is O=C(CCNc1ccc(OC(F)(F)F)cc1)c1cc2ccccc2o1. The van der Waals surface area contributed by atoms with Crippen LogP contribution in [-0.2, 0) is 0 Å². The number of hydrogen-bond acceptors (Lipinski definition) is 4. The minimum atomic E-state index is -4.71. The summed E-state index contributed by atoms with van der Waals surface area (Å²) in [6, 6.07) is 14.3. The zero-order valence-corrected chi connectivity index (χ0v) is 13.0. The van der Waals surface area contributed by atoms with Crippen LogP contribution in [-0.4, -0.2) is 18.7 Å². The quantitative estimate of drug-likeness (QED) is 0.635. The zero-order chi connectivity index (χ0) is 17.9. The second-order valence-electron chi connectivity index (χ2n) is 5.32. The number of halogens is 3. The number of para-hydroxylation sites is 1. The van der Waals surface area contributed by atoms with E-state index in [0.29, 0.717) is 17.8 Å². The van der Waals surface area contributed by atoms with Gasteiger partial charge in [0.2, 0.25) is 0 Å². The molecule has 0 saturated heterocycles. The van der Waals surface area contributed by atoms with Gasteiger partial charge in [0.05, 0.1) is 0 Å². The highest BCUT2D eigenvalue weighted by Crippen LogP contribution is 2.24. The second-order valence-corrected chi connectivity index (χ2v) is 5.32. The van der Waals surface area contributed by atoms with Gasteiger partial charge in [0.1, 0.15) is 11.3 Å². The summed E-state index contributed by atoms with van der Waals surface area (Å²) in [5, 5.41) is 3.83. The fraction of sp³-hybridized carbons (Fsp3) is 0.167. The van der Waals surface area contributed by atoms with Crippen LogP contribution in [0.25, 0.3) is 11.0 Å². The standard InChI is InChI=1S/C18H14F3NO3/c19-18(20,21)25-14-7-5-13(6-8-14)22-10-9-15(23)17-11-12-3-1-2-4-16(12)24-17/h1-8,11,22H,9-10H2. The first-order valence-electron chi connectivity index (χ1n) is 7.52. The predicted octanol–water partition coefficient (Wildman–Crippen LogP) is 5.02. The van der Waals surface area contributed by atoms with Gasteiger partial charge in [-0.05, 0) is 36.4 Å². The van der Waals surface area contributed by atoms with Gasteiger partial charge < -0.3 is 14.5 Å². The first-order chi connectivity index (χ1) is 11.9. The Hall–Kier alpha value is -2.96. The molecular weight excluding hydrogens is 335 g/mol. The highest BCUT2D eigenvalue weighted by molar-refractivity contribution is 5.97. The summed E-state index contributed by atoms with van der Waals surface area (Å²) in [7, 11) is 0. The third kappa shape index (κ3) is 4.53. The van der Waals surface area contributed by atoms with Crippen molar-refractivity contribution in [1.82, 2.24) is 0 Å². The lowest BCUT2D eigenvalue weighted by Crippen LogP contribution is -2.17. The van der Waals surface area contributed by atoms with E-state index >= 15 is 0 Å². The lowest BCUT2D eigenvalue weighted by Gasteiger charge is -2.10. The molecule has 0 aliphatic carbocycles. The summed E-state index contributed by atoms with van der Waals surface area (Å²) >= 11 is 0. The summed E-state index contributed by atoms with van der Waals surface area (Å²) in [4.78, 5) is 12.1. The molecule has 1 N–H and O–H groups in total. The number of ketones is 1. The van der Waals surface area contributed by atoms with Crippen LogP contribution in [0, 0.1) is 0 Å². The van der Waals surface area contributed by atoms with E-state index in [-0.39, 0.29) is 23.7 Å². The molecule has 0 atom stereocenters. The Kier molecular flexibility index (Phi) is 4.65. The molecule has 130 valence electrons. The Balaban J connectivity index is 1.53. The topological polar surface area (TPSA) is 51.5 Å². The maximum atomic E-state index is 12.1. The first-order valence-corrected chi connectivity index (χ1v) is 7.52. The van der Waals surface area contributed by atoms with Crippen LogP contribution in [0.1, 0.15) is 17.0 Å². The number of hydrogen-bond donors (Lipinski definition) is 1. The largest absolute Gasteiger partial charge is 0.573 e. The molecule has 3 aromatic rings. The number of Topliss-reactive ketones (excluding diaryl/α,β-unsaturated/α-hetero) is 1. The van der Waals surface area contributed by atoms with Gasteiger partial charge >= 0.3 is 6.36 Å². The Labute approximate surface area is 141 Å². The fourth-order valence-corrected chi connectivity index (χ4v) is 2.34. The van der Waals surface area contributed by atoms with Crippen LogP contribution in [0.3, 0.4) is 0 Å². The molecule has 7 heteroatoms. The van der Waals surface area contributed by atoms with E-state index in [4.69, 9.17) is 4.42 Å². The third-order valence-corrected chi connectivity index (χ3v) is 3.47. The minimum absolute atomic E-state index is 0.152. The van der Waals surface area contributed by atoms with E-state index in [9.17, 15) is 18.0 Å². The second kappa shape index (κ2) is 6.88. The van der Waals surface area contributed by atoms with Crippen molar-refractivity contribution in [2.24, 2.45) is 0 Å². The molecule has 2 aromatic carbocycles. The van der Waals surface area contributed by atoms with Gasteiger partial charge in [-0.2, -0.15) is 0 Å². The molecule has 0 fully saturated rings. The molecule has 1 aromatic heterocycles. The Morgan fingerprint density at radius 3 is 2.48 bits per heavy atom. The Bertz CT molecular complexity index is 836. The molecule has 0 bridgehead atoms. The maximum Gasteiger partial charge on any atom is 0.573 e. The molecule has 3 rings (SSSR count). The van der Waals surface area contributed by atoms with Gasteiger partial charge in [-0.1, -0.05) is 18.2 Å². The smallest absolute Gasteiger partial charge is 0.453 e. The van der Waals surface area contributed by atoms with Gasteiger partial charge in [-0.3, -0.25) is 4.79 Å². The molecule has 1 heterocycles. The van der Waals surface area contributed by atoms with Gasteiger partial charge in [0.25, 0.3) is 0 Å². The van der Waals surface area contributed by atoms with Crippen LogP contribution >= 0.6 is 0 Å². The van der Waals surface area contributed by atoms with Crippen LogP contribution in [0.2, 0.25) is 0 Å². The first kappa shape index (κ1) is 16.9. The summed E-state index contributed by atoms with van der Waals surface area (Å²) in [6.07, 6.45) is -4.52.